The third kappa shape index (κ3) is 1.02. The third-order valence-electron chi connectivity index (χ3n) is 2.63. The van der Waals surface area contributed by atoms with Gasteiger partial charge in [-0.05, 0) is 30.5 Å². The van der Waals surface area contributed by atoms with E-state index in [0.29, 0.717) is 0 Å². The molecule has 66 valence electrons. The Morgan fingerprint density at radius 2 is 2.15 bits per heavy atom. The predicted molar refractivity (Wildman–Crippen MR) is 55.9 cm³/mol. The molecular formula is C10H7ClNS-. The molecule has 0 amide bonds. The van der Waals surface area contributed by atoms with Crippen molar-refractivity contribution in [3.8, 4) is 0 Å². The highest BCUT2D eigenvalue weighted by Crippen LogP contribution is 2.47. The Hall–Kier alpha value is -0.600. The lowest BCUT2D eigenvalue weighted by Crippen LogP contribution is -1.92. The topological polar surface area (TPSA) is 3.01 Å². The molecule has 0 saturated heterocycles. The second kappa shape index (κ2) is 2.46. The summed E-state index contributed by atoms with van der Waals surface area (Å²) in [4.78, 5) is 0. The summed E-state index contributed by atoms with van der Waals surface area (Å²) >= 11 is 11.1. The van der Waals surface area contributed by atoms with Crippen LogP contribution in [0.5, 0.6) is 0 Å². The van der Waals surface area contributed by atoms with Crippen LogP contribution in [0, 0.1) is 0 Å². The fourth-order valence-electron chi connectivity index (χ4n) is 1.92. The summed E-state index contributed by atoms with van der Waals surface area (Å²) in [6.07, 6.45) is 2.15. The Morgan fingerprint density at radius 1 is 1.31 bits per heavy atom. The van der Waals surface area contributed by atoms with Gasteiger partial charge in [-0.1, -0.05) is 17.7 Å². The summed E-state index contributed by atoms with van der Waals surface area (Å²) in [7, 11) is 0. The van der Waals surface area contributed by atoms with Crippen LogP contribution in [0.2, 0.25) is 5.02 Å². The van der Waals surface area contributed by atoms with Crippen LogP contribution in [0.25, 0.3) is 5.70 Å². The average molecular weight is 209 g/mol. The molecule has 0 radical (unpaired) electrons. The molecule has 3 rings (SSSR count). The molecule has 1 aliphatic heterocycles. The highest BCUT2D eigenvalue weighted by atomic mass is 35.5. The van der Waals surface area contributed by atoms with Crippen LogP contribution in [0.3, 0.4) is 0 Å². The molecule has 0 saturated carbocycles. The van der Waals surface area contributed by atoms with Gasteiger partial charge in [0, 0.05) is 22.0 Å². The molecule has 0 N–H and O–H groups in total. The number of hydrogen-bond donors (Lipinski definition) is 0. The van der Waals surface area contributed by atoms with Gasteiger partial charge in [-0.15, -0.1) is 0 Å². The second-order valence-electron chi connectivity index (χ2n) is 3.39. The Kier molecular flexibility index (Phi) is 1.47. The predicted octanol–water partition coefficient (Wildman–Crippen LogP) is 2.73. The zero-order valence-electron chi connectivity index (χ0n) is 6.88. The maximum absolute atomic E-state index is 5.92. The number of nitrogens with zero attached hydrogens (tertiary/aromatic N) is 1. The molecule has 13 heavy (non-hydrogen) atoms. The minimum absolute atomic E-state index is 0.819. The van der Waals surface area contributed by atoms with E-state index in [0.717, 1.165) is 17.9 Å². The number of hydrogen-bond acceptors (Lipinski definition) is 2. The molecule has 0 unspecified atom stereocenters. The minimum atomic E-state index is 0.819. The molecule has 1 heterocycles. The Balaban J connectivity index is 2.16. The van der Waals surface area contributed by atoms with Gasteiger partial charge in [-0.2, -0.15) is 0 Å². The van der Waals surface area contributed by atoms with Crippen molar-refractivity contribution in [3.05, 3.63) is 40.0 Å². The first-order chi connectivity index (χ1) is 6.27. The molecule has 0 spiro atoms. The lowest BCUT2D eigenvalue weighted by Gasteiger charge is -2.11. The quantitative estimate of drug-likeness (QED) is 0.603. The van der Waals surface area contributed by atoms with Crippen LogP contribution in [0.4, 0.5) is 0 Å². The molecule has 3 heteroatoms. The number of halogens is 1. The van der Waals surface area contributed by atoms with E-state index in [9.17, 15) is 0 Å². The molecule has 1 aromatic carbocycles. The summed E-state index contributed by atoms with van der Waals surface area (Å²) in [6.45, 7) is 0. The van der Waals surface area contributed by atoms with E-state index >= 15 is 0 Å². The zero-order valence-corrected chi connectivity index (χ0v) is 8.45. The van der Waals surface area contributed by atoms with Crippen LogP contribution >= 0.6 is 11.6 Å². The number of aryl methyl sites for hydroxylation is 1. The third-order valence-corrected chi connectivity index (χ3v) is 3.26. The zero-order chi connectivity index (χ0) is 9.00. The number of benzene rings is 1. The normalized spacial score (nSPS) is 18.5. The van der Waals surface area contributed by atoms with Crippen molar-refractivity contribution in [1.29, 1.82) is 0 Å². The van der Waals surface area contributed by atoms with E-state index < -0.39 is 0 Å². The van der Waals surface area contributed by atoms with Crippen molar-refractivity contribution in [2.45, 2.75) is 12.8 Å². The maximum Gasteiger partial charge on any atom is 0.0441 e. The molecule has 0 aromatic heterocycles. The first kappa shape index (κ1) is 7.77. The van der Waals surface area contributed by atoms with Crippen LogP contribution in [-0.4, -0.2) is 4.31 Å². The minimum Gasteiger partial charge on any atom is -0.661 e. The van der Waals surface area contributed by atoms with Crippen molar-refractivity contribution in [3.63, 3.8) is 0 Å². The van der Waals surface area contributed by atoms with Gasteiger partial charge in [0.15, 0.2) is 0 Å². The first-order valence-electron chi connectivity index (χ1n) is 4.26. The van der Waals surface area contributed by atoms with E-state index in [1.165, 1.54) is 22.5 Å². The Labute approximate surface area is 87.5 Å². The highest BCUT2D eigenvalue weighted by molar-refractivity contribution is 7.57. The van der Waals surface area contributed by atoms with E-state index in [1.807, 2.05) is 16.4 Å². The molecule has 1 aromatic rings. The van der Waals surface area contributed by atoms with Gasteiger partial charge < -0.3 is 17.1 Å². The van der Waals surface area contributed by atoms with E-state index in [1.54, 1.807) is 0 Å². The summed E-state index contributed by atoms with van der Waals surface area (Å²) < 4.78 is 1.86. The van der Waals surface area contributed by atoms with Crippen LogP contribution in [0.15, 0.2) is 23.9 Å². The van der Waals surface area contributed by atoms with Gasteiger partial charge in [0.1, 0.15) is 0 Å². The standard InChI is InChI=1S/C10H7ClNS/c11-7-2-3-8-6(5-7)1-4-9-10(8)12(9)13/h2-3,5H,1,4H2/q-1. The SMILES string of the molecule is [S-]N1C2=C1c1ccc(Cl)cc1CC2. The molecule has 1 nitrogen and oxygen atoms in total. The summed E-state index contributed by atoms with van der Waals surface area (Å²) in [6, 6.07) is 6.04. The molecule has 0 atom stereocenters. The van der Waals surface area contributed by atoms with Gasteiger partial charge in [-0.3, -0.25) is 0 Å². The fraction of sp³-hybridized carbons (Fsp3) is 0.200. The molecule has 0 fully saturated rings. The van der Waals surface area contributed by atoms with Crippen LogP contribution in [0.1, 0.15) is 17.5 Å². The van der Waals surface area contributed by atoms with E-state index in [-0.39, 0.29) is 0 Å². The summed E-state index contributed by atoms with van der Waals surface area (Å²) in [5, 5.41) is 0.819. The molecule has 0 bridgehead atoms. The Bertz CT molecular complexity index is 425. The largest absolute Gasteiger partial charge is 0.661 e. The lowest BCUT2D eigenvalue weighted by molar-refractivity contribution is 0.873. The van der Waals surface area contributed by atoms with Crippen molar-refractivity contribution in [1.82, 2.24) is 4.31 Å². The fourth-order valence-corrected chi connectivity index (χ4v) is 2.46. The van der Waals surface area contributed by atoms with Gasteiger partial charge in [0.2, 0.25) is 0 Å². The lowest BCUT2D eigenvalue weighted by atomic mass is 9.98. The smallest absolute Gasteiger partial charge is 0.0441 e. The van der Waals surface area contributed by atoms with Crippen molar-refractivity contribution in [2.75, 3.05) is 0 Å². The number of allylic oxidation sites excluding steroid dienone is 1. The summed E-state index contributed by atoms with van der Waals surface area (Å²) in [5.41, 5.74) is 5.18. The maximum atomic E-state index is 5.92. The molecular weight excluding hydrogens is 202 g/mol. The van der Waals surface area contributed by atoms with Crippen molar-refractivity contribution < 1.29 is 0 Å². The number of rotatable bonds is 0. The van der Waals surface area contributed by atoms with Crippen LogP contribution in [-0.2, 0) is 19.2 Å². The summed E-state index contributed by atoms with van der Waals surface area (Å²) in [5.74, 6) is 0. The van der Waals surface area contributed by atoms with E-state index in [2.05, 4.69) is 6.07 Å². The van der Waals surface area contributed by atoms with Gasteiger partial charge in [0.25, 0.3) is 0 Å². The highest BCUT2D eigenvalue weighted by Gasteiger charge is 2.30. The molecule has 2 aliphatic rings. The second-order valence-corrected chi connectivity index (χ2v) is 4.19. The van der Waals surface area contributed by atoms with E-state index in [4.69, 9.17) is 24.4 Å². The van der Waals surface area contributed by atoms with Crippen molar-refractivity contribution >= 4 is 30.1 Å². The number of fused-ring (bicyclic) bond motifs is 2. The van der Waals surface area contributed by atoms with Gasteiger partial charge in [0.05, 0.1) is 0 Å². The average Bonchev–Trinajstić information content (AvgIpc) is 2.77. The van der Waals surface area contributed by atoms with Crippen molar-refractivity contribution in [2.24, 2.45) is 0 Å². The Morgan fingerprint density at radius 3 is 3.00 bits per heavy atom. The first-order valence-corrected chi connectivity index (χ1v) is 5.01. The van der Waals surface area contributed by atoms with Gasteiger partial charge >= 0.3 is 0 Å². The van der Waals surface area contributed by atoms with Crippen LogP contribution < -0.4 is 0 Å². The monoisotopic (exact) mass is 208 g/mol. The van der Waals surface area contributed by atoms with Gasteiger partial charge in [-0.25, -0.2) is 0 Å². The molecule has 1 aliphatic carbocycles.